The van der Waals surface area contributed by atoms with E-state index in [2.05, 4.69) is 29.0 Å². The lowest BCUT2D eigenvalue weighted by atomic mass is 10.1. The van der Waals surface area contributed by atoms with E-state index in [0.29, 0.717) is 0 Å². The molecular weight excluding hydrogens is 284 g/mol. The number of aliphatic hydroxyl groups is 1. The predicted molar refractivity (Wildman–Crippen MR) is 101 cm³/mol. The van der Waals surface area contributed by atoms with Gasteiger partial charge in [0.25, 0.3) is 0 Å². The SMILES string of the molecule is CCCCCCC/C=C/CCCCCCC1N=CCN1C(C)O. The summed E-state index contributed by atoms with van der Waals surface area (Å²) < 4.78 is 0. The third kappa shape index (κ3) is 9.93. The van der Waals surface area contributed by atoms with Crippen LogP contribution in [0, 0.1) is 0 Å². The zero-order chi connectivity index (χ0) is 16.8. The van der Waals surface area contributed by atoms with Gasteiger partial charge in [-0.1, -0.05) is 57.6 Å². The summed E-state index contributed by atoms with van der Waals surface area (Å²) in [6.45, 7) is 4.90. The van der Waals surface area contributed by atoms with Gasteiger partial charge in [0.15, 0.2) is 0 Å². The summed E-state index contributed by atoms with van der Waals surface area (Å²) >= 11 is 0. The first-order valence-electron chi connectivity index (χ1n) is 9.86. The van der Waals surface area contributed by atoms with Crippen LogP contribution in [-0.2, 0) is 0 Å². The van der Waals surface area contributed by atoms with Crippen LogP contribution >= 0.6 is 0 Å². The summed E-state index contributed by atoms with van der Waals surface area (Å²) in [5.41, 5.74) is 0. The van der Waals surface area contributed by atoms with Gasteiger partial charge in [0, 0.05) is 12.8 Å². The molecule has 23 heavy (non-hydrogen) atoms. The highest BCUT2D eigenvalue weighted by Crippen LogP contribution is 2.17. The van der Waals surface area contributed by atoms with Gasteiger partial charge in [-0.2, -0.15) is 0 Å². The molecule has 0 spiro atoms. The number of nitrogens with zero attached hydrogens (tertiary/aromatic N) is 2. The molecule has 1 aliphatic rings. The summed E-state index contributed by atoms with van der Waals surface area (Å²) in [7, 11) is 0. The second-order valence-electron chi connectivity index (χ2n) is 6.81. The van der Waals surface area contributed by atoms with Crippen molar-refractivity contribution in [2.45, 2.75) is 103 Å². The standard InChI is InChI=1S/C20H38N2O/c1-3-4-5-6-7-8-9-10-11-12-13-14-15-16-20-21-17-18-22(20)19(2)23/h9-10,17,19-20,23H,3-8,11-16,18H2,1-2H3/b10-9+. The van der Waals surface area contributed by atoms with Crippen LogP contribution in [0.2, 0.25) is 0 Å². The number of hydrogen-bond donors (Lipinski definition) is 1. The Balaban J connectivity index is 1.87. The van der Waals surface area contributed by atoms with Gasteiger partial charge in [-0.3, -0.25) is 9.89 Å². The lowest BCUT2D eigenvalue weighted by molar-refractivity contribution is 0.00710. The Labute approximate surface area is 143 Å². The third-order valence-electron chi connectivity index (χ3n) is 4.66. The van der Waals surface area contributed by atoms with E-state index in [1.807, 2.05) is 13.1 Å². The Morgan fingerprint density at radius 2 is 1.65 bits per heavy atom. The second-order valence-corrected chi connectivity index (χ2v) is 6.81. The first kappa shape index (κ1) is 20.4. The maximum Gasteiger partial charge on any atom is 0.106 e. The van der Waals surface area contributed by atoms with Crippen molar-refractivity contribution < 1.29 is 5.11 Å². The largest absolute Gasteiger partial charge is 0.379 e. The van der Waals surface area contributed by atoms with E-state index < -0.39 is 0 Å². The Hall–Kier alpha value is -0.670. The molecule has 134 valence electrons. The summed E-state index contributed by atoms with van der Waals surface area (Å²) in [4.78, 5) is 6.52. The molecule has 0 saturated heterocycles. The molecule has 1 N–H and O–H groups in total. The summed E-state index contributed by atoms with van der Waals surface area (Å²) in [6, 6.07) is 0. The summed E-state index contributed by atoms with van der Waals surface area (Å²) in [6.07, 6.45) is 22.1. The smallest absolute Gasteiger partial charge is 0.106 e. The van der Waals surface area contributed by atoms with E-state index in [-0.39, 0.29) is 12.4 Å². The number of allylic oxidation sites excluding steroid dienone is 2. The van der Waals surface area contributed by atoms with Crippen LogP contribution in [0.4, 0.5) is 0 Å². The van der Waals surface area contributed by atoms with Crippen molar-refractivity contribution >= 4 is 6.21 Å². The average Bonchev–Trinajstić information content (AvgIpc) is 3.00. The van der Waals surface area contributed by atoms with E-state index >= 15 is 0 Å². The van der Waals surface area contributed by atoms with Crippen molar-refractivity contribution in [3.63, 3.8) is 0 Å². The monoisotopic (exact) mass is 322 g/mol. The van der Waals surface area contributed by atoms with Crippen LogP contribution in [0.25, 0.3) is 0 Å². The normalized spacial score (nSPS) is 19.9. The molecular formula is C20H38N2O. The lowest BCUT2D eigenvalue weighted by Gasteiger charge is -2.25. The van der Waals surface area contributed by atoms with Crippen LogP contribution in [0.5, 0.6) is 0 Å². The maximum absolute atomic E-state index is 9.66. The van der Waals surface area contributed by atoms with Crippen molar-refractivity contribution in [2.75, 3.05) is 6.54 Å². The van der Waals surface area contributed by atoms with Crippen molar-refractivity contribution in [2.24, 2.45) is 4.99 Å². The van der Waals surface area contributed by atoms with Crippen LogP contribution in [-0.4, -0.2) is 35.2 Å². The summed E-state index contributed by atoms with van der Waals surface area (Å²) in [5.74, 6) is 0. The predicted octanol–water partition coefficient (Wildman–Crippen LogP) is 5.29. The minimum atomic E-state index is -0.380. The van der Waals surface area contributed by atoms with E-state index in [1.165, 1.54) is 70.6 Å². The molecule has 0 bridgehead atoms. The van der Waals surface area contributed by atoms with E-state index in [1.54, 1.807) is 0 Å². The average molecular weight is 323 g/mol. The van der Waals surface area contributed by atoms with Gasteiger partial charge in [-0.25, -0.2) is 0 Å². The number of aliphatic hydroxyl groups excluding tert-OH is 1. The molecule has 0 amide bonds. The van der Waals surface area contributed by atoms with E-state index in [0.717, 1.165) is 13.0 Å². The Morgan fingerprint density at radius 3 is 2.26 bits per heavy atom. The van der Waals surface area contributed by atoms with Crippen molar-refractivity contribution in [1.82, 2.24) is 4.90 Å². The van der Waals surface area contributed by atoms with Gasteiger partial charge in [0.05, 0.1) is 0 Å². The van der Waals surface area contributed by atoms with Crippen LogP contribution in [0.3, 0.4) is 0 Å². The topological polar surface area (TPSA) is 35.8 Å². The fraction of sp³-hybridized carbons (Fsp3) is 0.850. The molecule has 2 atom stereocenters. The molecule has 1 aliphatic heterocycles. The van der Waals surface area contributed by atoms with Crippen LogP contribution in [0.15, 0.2) is 17.1 Å². The van der Waals surface area contributed by atoms with Gasteiger partial charge in [-0.05, 0) is 45.4 Å². The Morgan fingerprint density at radius 1 is 1.04 bits per heavy atom. The molecule has 0 aromatic heterocycles. The fourth-order valence-corrected chi connectivity index (χ4v) is 3.16. The highest BCUT2D eigenvalue weighted by Gasteiger charge is 2.23. The second kappa shape index (κ2) is 13.7. The minimum Gasteiger partial charge on any atom is -0.379 e. The highest BCUT2D eigenvalue weighted by atomic mass is 16.3. The quantitative estimate of drug-likeness (QED) is 0.348. The first-order valence-corrected chi connectivity index (χ1v) is 9.86. The van der Waals surface area contributed by atoms with Gasteiger partial charge in [0.2, 0.25) is 0 Å². The molecule has 1 heterocycles. The van der Waals surface area contributed by atoms with Gasteiger partial charge < -0.3 is 5.11 Å². The molecule has 0 aromatic rings. The number of rotatable bonds is 14. The maximum atomic E-state index is 9.66. The van der Waals surface area contributed by atoms with Gasteiger partial charge >= 0.3 is 0 Å². The molecule has 1 rings (SSSR count). The van der Waals surface area contributed by atoms with Crippen LogP contribution in [0.1, 0.15) is 90.9 Å². The zero-order valence-electron chi connectivity index (χ0n) is 15.4. The summed E-state index contributed by atoms with van der Waals surface area (Å²) in [5, 5.41) is 9.66. The molecule has 0 radical (unpaired) electrons. The Kier molecular flexibility index (Phi) is 12.2. The number of unbranched alkanes of at least 4 members (excludes halogenated alkanes) is 9. The number of aliphatic imine (C=N–C) groups is 1. The van der Waals surface area contributed by atoms with E-state index in [4.69, 9.17) is 0 Å². The molecule has 3 heteroatoms. The Bertz CT molecular complexity index is 326. The molecule has 0 fully saturated rings. The molecule has 0 saturated carbocycles. The highest BCUT2D eigenvalue weighted by molar-refractivity contribution is 5.62. The number of hydrogen-bond acceptors (Lipinski definition) is 3. The first-order chi connectivity index (χ1) is 11.3. The van der Waals surface area contributed by atoms with Crippen LogP contribution < -0.4 is 0 Å². The molecule has 2 unspecified atom stereocenters. The van der Waals surface area contributed by atoms with Gasteiger partial charge in [-0.15, -0.1) is 0 Å². The van der Waals surface area contributed by atoms with Crippen molar-refractivity contribution in [1.29, 1.82) is 0 Å². The lowest BCUT2D eigenvalue weighted by Crippen LogP contribution is -2.37. The zero-order valence-corrected chi connectivity index (χ0v) is 15.4. The third-order valence-corrected chi connectivity index (χ3v) is 4.66. The fourth-order valence-electron chi connectivity index (χ4n) is 3.16. The minimum absolute atomic E-state index is 0.211. The molecule has 3 nitrogen and oxygen atoms in total. The van der Waals surface area contributed by atoms with Gasteiger partial charge in [0.1, 0.15) is 12.4 Å². The molecule has 0 aliphatic carbocycles. The molecule has 0 aromatic carbocycles. The van der Waals surface area contributed by atoms with E-state index in [9.17, 15) is 5.11 Å². The van der Waals surface area contributed by atoms with Crippen molar-refractivity contribution in [3.8, 4) is 0 Å². The van der Waals surface area contributed by atoms with Crippen molar-refractivity contribution in [3.05, 3.63) is 12.2 Å².